The van der Waals surface area contributed by atoms with Gasteiger partial charge in [-0.25, -0.2) is 4.98 Å². The summed E-state index contributed by atoms with van der Waals surface area (Å²) < 4.78 is 10.2. The third kappa shape index (κ3) is 4.50. The minimum absolute atomic E-state index is 0.00488. The van der Waals surface area contributed by atoms with Crippen molar-refractivity contribution in [2.24, 2.45) is 5.16 Å². The third-order valence-electron chi connectivity index (χ3n) is 3.41. The molecule has 10 heteroatoms. The van der Waals surface area contributed by atoms with E-state index in [2.05, 4.69) is 25.1 Å². The van der Waals surface area contributed by atoms with Gasteiger partial charge in [-0.05, 0) is 18.6 Å². The van der Waals surface area contributed by atoms with Crippen molar-refractivity contribution < 1.29 is 14.3 Å². The van der Waals surface area contributed by atoms with Gasteiger partial charge in [0.2, 0.25) is 11.8 Å². The molecule has 0 saturated heterocycles. The predicted molar refractivity (Wildman–Crippen MR) is 103 cm³/mol. The monoisotopic (exact) mass is 405 g/mol. The van der Waals surface area contributed by atoms with Crippen molar-refractivity contribution in [1.29, 1.82) is 0 Å². The first-order valence-corrected chi connectivity index (χ1v) is 9.12. The summed E-state index contributed by atoms with van der Waals surface area (Å²) in [5, 5.41) is 5.26. The number of hydrogen-bond donors (Lipinski definition) is 0. The molecule has 3 heterocycles. The van der Waals surface area contributed by atoms with Crippen LogP contribution in [0.4, 0.5) is 0 Å². The second-order valence-electron chi connectivity index (χ2n) is 5.10. The molecule has 140 valence electrons. The molecular formula is C17H16ClN5O3S. The summed E-state index contributed by atoms with van der Waals surface area (Å²) in [4.78, 5) is 22.8. The lowest BCUT2D eigenvalue weighted by Crippen LogP contribution is -2.03. The highest BCUT2D eigenvalue weighted by atomic mass is 35.5. The van der Waals surface area contributed by atoms with Crippen LogP contribution in [0, 0.1) is 0 Å². The lowest BCUT2D eigenvalue weighted by molar-refractivity contribution is 0.290. The standard InChI is InChI=1S/C17H16ClN5O3S/c1-4-11(23-26-17-20-12(24-2)8-13(21-17)25-3)14-15(18)22-16(27-14)10-6-5-7-19-9-10/h5-9H,4H2,1-3H3/b23-11+. The van der Waals surface area contributed by atoms with Crippen LogP contribution in [0.25, 0.3) is 10.6 Å². The molecule has 0 saturated carbocycles. The average Bonchev–Trinajstić information content (AvgIpc) is 3.10. The van der Waals surface area contributed by atoms with E-state index in [1.807, 2.05) is 19.1 Å². The van der Waals surface area contributed by atoms with Gasteiger partial charge in [0.1, 0.15) is 15.9 Å². The minimum atomic E-state index is 0.00488. The average molecular weight is 406 g/mol. The van der Waals surface area contributed by atoms with Gasteiger partial charge in [0.25, 0.3) is 0 Å². The molecule has 0 aliphatic carbocycles. The molecule has 0 amide bonds. The van der Waals surface area contributed by atoms with Gasteiger partial charge >= 0.3 is 6.01 Å². The molecule has 0 aromatic carbocycles. The Hall–Kier alpha value is -2.78. The summed E-state index contributed by atoms with van der Waals surface area (Å²) in [6.45, 7) is 1.94. The van der Waals surface area contributed by atoms with Crippen molar-refractivity contribution >= 4 is 28.6 Å². The first-order chi connectivity index (χ1) is 13.1. The van der Waals surface area contributed by atoms with Gasteiger partial charge in [-0.15, -0.1) is 11.3 Å². The maximum atomic E-state index is 6.32. The zero-order valence-electron chi connectivity index (χ0n) is 14.8. The maximum Gasteiger partial charge on any atom is 0.352 e. The molecule has 0 aliphatic heterocycles. The maximum absolute atomic E-state index is 6.32. The van der Waals surface area contributed by atoms with Crippen LogP contribution < -0.4 is 14.3 Å². The quantitative estimate of drug-likeness (QED) is 0.435. The normalized spacial score (nSPS) is 11.3. The van der Waals surface area contributed by atoms with Gasteiger partial charge in [-0.1, -0.05) is 23.7 Å². The van der Waals surface area contributed by atoms with E-state index in [4.69, 9.17) is 25.9 Å². The molecule has 0 atom stereocenters. The number of ether oxygens (including phenoxy) is 2. The molecular weight excluding hydrogens is 390 g/mol. The summed E-state index contributed by atoms with van der Waals surface area (Å²) in [5.41, 5.74) is 1.51. The summed E-state index contributed by atoms with van der Waals surface area (Å²) in [6, 6.07) is 5.31. The van der Waals surface area contributed by atoms with Crippen LogP contribution in [-0.2, 0) is 0 Å². The number of rotatable bonds is 7. The molecule has 0 aliphatic rings. The van der Waals surface area contributed by atoms with Gasteiger partial charge in [0, 0.05) is 18.0 Å². The predicted octanol–water partition coefficient (Wildman–Crippen LogP) is 3.86. The fourth-order valence-electron chi connectivity index (χ4n) is 2.09. The molecule has 27 heavy (non-hydrogen) atoms. The van der Waals surface area contributed by atoms with Crippen molar-refractivity contribution in [3.8, 4) is 28.3 Å². The molecule has 0 radical (unpaired) electrons. The van der Waals surface area contributed by atoms with Crippen LogP contribution >= 0.6 is 22.9 Å². The third-order valence-corrected chi connectivity index (χ3v) is 4.94. The van der Waals surface area contributed by atoms with E-state index in [1.54, 1.807) is 12.4 Å². The number of nitrogens with zero attached hydrogens (tertiary/aromatic N) is 5. The molecule has 8 nitrogen and oxygen atoms in total. The van der Waals surface area contributed by atoms with Crippen molar-refractivity contribution in [2.75, 3.05) is 14.2 Å². The molecule has 0 fully saturated rings. The summed E-state index contributed by atoms with van der Waals surface area (Å²) in [7, 11) is 2.98. The lowest BCUT2D eigenvalue weighted by atomic mass is 10.3. The van der Waals surface area contributed by atoms with Crippen LogP contribution in [0.1, 0.15) is 18.2 Å². The van der Waals surface area contributed by atoms with Crippen LogP contribution in [0.2, 0.25) is 5.15 Å². The summed E-state index contributed by atoms with van der Waals surface area (Å²) in [5.74, 6) is 0.611. The van der Waals surface area contributed by atoms with Crippen LogP contribution in [0.5, 0.6) is 17.8 Å². The molecule has 3 aromatic heterocycles. The largest absolute Gasteiger partial charge is 0.481 e. The van der Waals surface area contributed by atoms with E-state index < -0.39 is 0 Å². The summed E-state index contributed by atoms with van der Waals surface area (Å²) >= 11 is 7.73. The van der Waals surface area contributed by atoms with E-state index in [9.17, 15) is 0 Å². The minimum Gasteiger partial charge on any atom is -0.481 e. The Kier molecular flexibility index (Phi) is 6.15. The first kappa shape index (κ1) is 19.0. The Morgan fingerprint density at radius 1 is 1.19 bits per heavy atom. The second-order valence-corrected chi connectivity index (χ2v) is 6.46. The zero-order valence-corrected chi connectivity index (χ0v) is 16.4. The lowest BCUT2D eigenvalue weighted by Gasteiger charge is -2.05. The number of pyridine rings is 1. The smallest absolute Gasteiger partial charge is 0.352 e. The Morgan fingerprint density at radius 2 is 1.93 bits per heavy atom. The van der Waals surface area contributed by atoms with Crippen LogP contribution in [-0.4, -0.2) is 39.9 Å². The van der Waals surface area contributed by atoms with Crippen LogP contribution in [0.3, 0.4) is 0 Å². The van der Waals surface area contributed by atoms with Gasteiger partial charge in [0.15, 0.2) is 0 Å². The number of thiazole rings is 1. The fraction of sp³-hybridized carbons (Fsp3) is 0.235. The molecule has 0 N–H and O–H groups in total. The van der Waals surface area contributed by atoms with Crippen LogP contribution in [0.15, 0.2) is 35.7 Å². The molecule has 0 unspecified atom stereocenters. The number of methoxy groups -OCH3 is 2. The van der Waals surface area contributed by atoms with Gasteiger partial charge in [-0.3, -0.25) is 4.98 Å². The zero-order chi connectivity index (χ0) is 19.2. The molecule has 3 aromatic rings. The van der Waals surface area contributed by atoms with Crippen molar-refractivity contribution in [2.45, 2.75) is 13.3 Å². The second kappa shape index (κ2) is 8.74. The highest BCUT2D eigenvalue weighted by Gasteiger charge is 2.16. The molecule has 0 spiro atoms. The van der Waals surface area contributed by atoms with Crippen molar-refractivity contribution in [3.63, 3.8) is 0 Å². The number of hydrogen-bond acceptors (Lipinski definition) is 9. The van der Waals surface area contributed by atoms with E-state index >= 15 is 0 Å². The Bertz CT molecular complexity index is 927. The Balaban J connectivity index is 1.88. The topological polar surface area (TPSA) is 91.6 Å². The Labute approximate surface area is 164 Å². The van der Waals surface area contributed by atoms with E-state index in [1.165, 1.54) is 31.6 Å². The van der Waals surface area contributed by atoms with Gasteiger partial charge < -0.3 is 14.3 Å². The van der Waals surface area contributed by atoms with Gasteiger partial charge in [0.05, 0.1) is 25.2 Å². The highest BCUT2D eigenvalue weighted by Crippen LogP contribution is 2.31. The van der Waals surface area contributed by atoms with E-state index in [-0.39, 0.29) is 6.01 Å². The van der Waals surface area contributed by atoms with Gasteiger partial charge in [-0.2, -0.15) is 9.97 Å². The number of aromatic nitrogens is 4. The first-order valence-electron chi connectivity index (χ1n) is 7.92. The number of oxime groups is 1. The van der Waals surface area contributed by atoms with Crippen molar-refractivity contribution in [1.82, 2.24) is 19.9 Å². The van der Waals surface area contributed by atoms with E-state index in [0.29, 0.717) is 33.9 Å². The number of halogens is 1. The summed E-state index contributed by atoms with van der Waals surface area (Å²) in [6.07, 6.45) is 4.01. The fourth-order valence-corrected chi connectivity index (χ4v) is 3.45. The highest BCUT2D eigenvalue weighted by molar-refractivity contribution is 7.17. The van der Waals surface area contributed by atoms with E-state index in [0.717, 1.165) is 10.6 Å². The molecule has 0 bridgehead atoms. The Morgan fingerprint density at radius 3 is 2.52 bits per heavy atom. The van der Waals surface area contributed by atoms with Crippen molar-refractivity contribution in [3.05, 3.63) is 40.6 Å². The SMILES string of the molecule is CC/C(=N\Oc1nc(OC)cc(OC)n1)c1sc(-c2cccnc2)nc1Cl. The molecule has 3 rings (SSSR count).